The molecule has 0 saturated heterocycles. The van der Waals surface area contributed by atoms with E-state index >= 15 is 0 Å². The fraction of sp³-hybridized carbons (Fsp3) is 0.250. The summed E-state index contributed by atoms with van der Waals surface area (Å²) in [5.74, 6) is 1.35. The topological polar surface area (TPSA) is 32.3 Å². The highest BCUT2D eigenvalue weighted by molar-refractivity contribution is 5.78. The van der Waals surface area contributed by atoms with E-state index in [1.165, 1.54) is 33.6 Å². The Labute approximate surface area is 165 Å². The predicted octanol–water partition coefficient (Wildman–Crippen LogP) is 4.29. The summed E-state index contributed by atoms with van der Waals surface area (Å²) in [4.78, 5) is 14.0. The maximum absolute atomic E-state index is 4.56. The van der Waals surface area contributed by atoms with Gasteiger partial charge in [-0.15, -0.1) is 0 Å². The summed E-state index contributed by atoms with van der Waals surface area (Å²) in [6, 6.07) is 15.0. The minimum Gasteiger partial charge on any atom is -0.353 e. The monoisotopic (exact) mass is 368 g/mol. The molecule has 4 heteroatoms. The molecule has 0 saturated carbocycles. The van der Waals surface area contributed by atoms with Crippen LogP contribution in [0.25, 0.3) is 10.9 Å². The Hall–Kier alpha value is -3.14. The Morgan fingerprint density at radius 2 is 1.93 bits per heavy atom. The Kier molecular flexibility index (Phi) is 4.32. The smallest absolute Gasteiger partial charge is 0.108 e. The van der Waals surface area contributed by atoms with Crippen molar-refractivity contribution in [2.45, 2.75) is 26.4 Å². The van der Waals surface area contributed by atoms with Gasteiger partial charge >= 0.3 is 0 Å². The number of nitrogens with zero attached hydrogens (tertiary/aromatic N) is 4. The molecule has 4 nitrogen and oxygen atoms in total. The minimum absolute atomic E-state index is 0.901. The Morgan fingerprint density at radius 3 is 2.89 bits per heavy atom. The third-order valence-electron chi connectivity index (χ3n) is 5.65. The summed E-state index contributed by atoms with van der Waals surface area (Å²) in [6.07, 6.45) is 9.29. The second-order valence-electron chi connectivity index (χ2n) is 7.60. The van der Waals surface area contributed by atoms with Crippen molar-refractivity contribution >= 4 is 10.9 Å². The summed E-state index contributed by atoms with van der Waals surface area (Å²) in [7, 11) is 0. The van der Waals surface area contributed by atoms with Crippen molar-refractivity contribution in [3.63, 3.8) is 0 Å². The SMILES string of the molecule is CC1=C(N2CCc3ncccc3C2)N(Cc2ccc3ncccc3c2)CC=C1. The number of rotatable bonds is 3. The first-order valence-corrected chi connectivity index (χ1v) is 9.92. The van der Waals surface area contributed by atoms with E-state index in [0.717, 1.165) is 38.1 Å². The molecule has 2 aliphatic heterocycles. The van der Waals surface area contributed by atoms with E-state index in [1.807, 2.05) is 24.5 Å². The van der Waals surface area contributed by atoms with Crippen molar-refractivity contribution in [1.29, 1.82) is 0 Å². The molecule has 0 atom stereocenters. The summed E-state index contributed by atoms with van der Waals surface area (Å²) in [5, 5.41) is 1.20. The molecular weight excluding hydrogens is 344 g/mol. The van der Waals surface area contributed by atoms with Crippen molar-refractivity contribution in [1.82, 2.24) is 19.8 Å². The fourth-order valence-electron chi connectivity index (χ4n) is 4.35. The van der Waals surface area contributed by atoms with Crippen LogP contribution in [0.1, 0.15) is 23.7 Å². The third kappa shape index (κ3) is 3.15. The van der Waals surface area contributed by atoms with Crippen LogP contribution in [0.15, 0.2) is 78.4 Å². The van der Waals surface area contributed by atoms with Gasteiger partial charge in [-0.05, 0) is 47.9 Å². The van der Waals surface area contributed by atoms with Gasteiger partial charge in [-0.25, -0.2) is 0 Å². The summed E-state index contributed by atoms with van der Waals surface area (Å²) < 4.78 is 0. The van der Waals surface area contributed by atoms with Gasteiger partial charge in [0, 0.05) is 56.1 Å². The molecule has 0 bridgehead atoms. The molecule has 0 unspecified atom stereocenters. The maximum atomic E-state index is 4.56. The molecule has 2 aliphatic rings. The fourth-order valence-corrected chi connectivity index (χ4v) is 4.35. The van der Waals surface area contributed by atoms with E-state index in [4.69, 9.17) is 0 Å². The van der Waals surface area contributed by atoms with Gasteiger partial charge in [0.1, 0.15) is 5.82 Å². The zero-order valence-corrected chi connectivity index (χ0v) is 16.2. The molecule has 28 heavy (non-hydrogen) atoms. The predicted molar refractivity (Wildman–Crippen MR) is 112 cm³/mol. The second kappa shape index (κ2) is 7.12. The van der Waals surface area contributed by atoms with Crippen molar-refractivity contribution < 1.29 is 0 Å². The van der Waals surface area contributed by atoms with Crippen molar-refractivity contribution in [3.8, 4) is 0 Å². The molecule has 3 aromatic rings. The zero-order valence-electron chi connectivity index (χ0n) is 16.2. The van der Waals surface area contributed by atoms with Crippen LogP contribution in [0.4, 0.5) is 0 Å². The van der Waals surface area contributed by atoms with Crippen LogP contribution >= 0.6 is 0 Å². The standard InChI is InChI=1S/C24H24N4/c1-18-5-4-13-27(16-19-8-9-22-20(15-19)6-2-11-25-22)24(18)28-14-10-23-21(17-28)7-3-12-26-23/h2-9,11-12,15H,10,13-14,16-17H2,1H3. The molecule has 5 rings (SSSR count). The Bertz CT molecular complexity index is 1080. The molecule has 0 radical (unpaired) electrons. The van der Waals surface area contributed by atoms with Crippen LogP contribution in [-0.2, 0) is 19.5 Å². The van der Waals surface area contributed by atoms with Crippen LogP contribution in [0.3, 0.4) is 0 Å². The minimum atomic E-state index is 0.901. The van der Waals surface area contributed by atoms with E-state index in [2.05, 4.69) is 69.2 Å². The number of aromatic nitrogens is 2. The highest BCUT2D eigenvalue weighted by Gasteiger charge is 2.25. The molecule has 2 aromatic heterocycles. The normalized spacial score (nSPS) is 16.6. The quantitative estimate of drug-likeness (QED) is 0.690. The van der Waals surface area contributed by atoms with Crippen LogP contribution < -0.4 is 0 Å². The van der Waals surface area contributed by atoms with Gasteiger partial charge in [0.05, 0.1) is 5.52 Å². The Balaban J connectivity index is 1.43. The van der Waals surface area contributed by atoms with E-state index in [0.29, 0.717) is 0 Å². The average Bonchev–Trinajstić information content (AvgIpc) is 2.73. The molecule has 0 aliphatic carbocycles. The van der Waals surface area contributed by atoms with Crippen molar-refractivity contribution in [3.05, 3.63) is 95.2 Å². The molecule has 4 heterocycles. The first-order chi connectivity index (χ1) is 13.8. The summed E-state index contributed by atoms with van der Waals surface area (Å²) in [5.41, 5.74) is 6.30. The van der Waals surface area contributed by atoms with Crippen LogP contribution in [0.2, 0.25) is 0 Å². The molecule has 1 aromatic carbocycles. The first kappa shape index (κ1) is 17.0. The van der Waals surface area contributed by atoms with Gasteiger partial charge in [-0.3, -0.25) is 9.97 Å². The zero-order chi connectivity index (χ0) is 18.9. The van der Waals surface area contributed by atoms with Gasteiger partial charge in [0.15, 0.2) is 0 Å². The molecule has 0 spiro atoms. The second-order valence-corrected chi connectivity index (χ2v) is 7.60. The highest BCUT2D eigenvalue weighted by Crippen LogP contribution is 2.28. The number of hydrogen-bond acceptors (Lipinski definition) is 4. The molecular formula is C24H24N4. The Morgan fingerprint density at radius 1 is 1.04 bits per heavy atom. The average molecular weight is 368 g/mol. The van der Waals surface area contributed by atoms with Crippen molar-refractivity contribution in [2.75, 3.05) is 13.1 Å². The number of benzene rings is 1. The van der Waals surface area contributed by atoms with Gasteiger partial charge in [-0.1, -0.05) is 30.4 Å². The van der Waals surface area contributed by atoms with E-state index < -0.39 is 0 Å². The van der Waals surface area contributed by atoms with Gasteiger partial charge in [0.25, 0.3) is 0 Å². The molecule has 0 amide bonds. The van der Waals surface area contributed by atoms with Crippen LogP contribution in [-0.4, -0.2) is 32.9 Å². The van der Waals surface area contributed by atoms with Crippen LogP contribution in [0, 0.1) is 0 Å². The van der Waals surface area contributed by atoms with E-state index in [1.54, 1.807) is 0 Å². The third-order valence-corrected chi connectivity index (χ3v) is 5.65. The summed E-state index contributed by atoms with van der Waals surface area (Å²) in [6.45, 7) is 6.01. The highest BCUT2D eigenvalue weighted by atomic mass is 15.3. The van der Waals surface area contributed by atoms with Gasteiger partial charge < -0.3 is 9.80 Å². The van der Waals surface area contributed by atoms with Gasteiger partial charge in [-0.2, -0.15) is 0 Å². The lowest BCUT2D eigenvalue weighted by Crippen LogP contribution is -2.40. The van der Waals surface area contributed by atoms with Crippen LogP contribution in [0.5, 0.6) is 0 Å². The lowest BCUT2D eigenvalue weighted by molar-refractivity contribution is 0.196. The van der Waals surface area contributed by atoms with Crippen molar-refractivity contribution in [2.24, 2.45) is 0 Å². The number of allylic oxidation sites excluding steroid dienone is 2. The molecule has 0 fully saturated rings. The van der Waals surface area contributed by atoms with E-state index in [9.17, 15) is 0 Å². The van der Waals surface area contributed by atoms with Gasteiger partial charge in [0.2, 0.25) is 0 Å². The first-order valence-electron chi connectivity index (χ1n) is 9.92. The molecule has 140 valence electrons. The number of pyridine rings is 2. The lowest BCUT2D eigenvalue weighted by atomic mass is 10.0. The lowest BCUT2D eigenvalue weighted by Gasteiger charge is -2.40. The number of hydrogen-bond donors (Lipinski definition) is 0. The largest absolute Gasteiger partial charge is 0.353 e. The maximum Gasteiger partial charge on any atom is 0.108 e. The molecule has 0 N–H and O–H groups in total. The van der Waals surface area contributed by atoms with E-state index in [-0.39, 0.29) is 0 Å². The number of fused-ring (bicyclic) bond motifs is 2. The summed E-state index contributed by atoms with van der Waals surface area (Å²) >= 11 is 0.